The molecule has 3 rings (SSSR count). The van der Waals surface area contributed by atoms with E-state index in [1.165, 1.54) is 26.0 Å². The van der Waals surface area contributed by atoms with Crippen LogP contribution in [-0.2, 0) is 36.8 Å². The van der Waals surface area contributed by atoms with Gasteiger partial charge in [-0.3, -0.25) is 20.0 Å². The predicted molar refractivity (Wildman–Crippen MR) is 194 cm³/mol. The average molecular weight is 719 g/mol. The fourth-order valence-corrected chi connectivity index (χ4v) is 5.36. The van der Waals surface area contributed by atoms with Crippen molar-refractivity contribution in [3.63, 3.8) is 0 Å². The molecule has 0 spiro atoms. The molecular weight excluding hydrogens is 668 g/mol. The van der Waals surface area contributed by atoms with Gasteiger partial charge in [0.05, 0.1) is 32.1 Å². The molecule has 1 heterocycles. The maximum atomic E-state index is 13.8. The average Bonchev–Trinajstić information content (AvgIpc) is 3.12. The number of ether oxygens (including phenoxy) is 2. The van der Waals surface area contributed by atoms with E-state index in [2.05, 4.69) is 26.4 Å². The molecule has 4 atom stereocenters. The summed E-state index contributed by atoms with van der Waals surface area (Å²) in [5, 5.41) is 21.2. The molecule has 4 amide bonds. The Morgan fingerprint density at radius 1 is 0.788 bits per heavy atom. The zero-order chi connectivity index (χ0) is 38.5. The summed E-state index contributed by atoms with van der Waals surface area (Å²) >= 11 is 0. The van der Waals surface area contributed by atoms with Gasteiger partial charge in [0.2, 0.25) is 5.91 Å². The third kappa shape index (κ3) is 12.2. The summed E-state index contributed by atoms with van der Waals surface area (Å²) in [6.45, 7) is 8.28. The number of hydrogen-bond donors (Lipinski definition) is 5. The van der Waals surface area contributed by atoms with Crippen molar-refractivity contribution in [2.24, 2.45) is 10.8 Å². The van der Waals surface area contributed by atoms with Gasteiger partial charge < -0.3 is 35.3 Å². The van der Waals surface area contributed by atoms with E-state index in [9.17, 15) is 29.1 Å². The summed E-state index contributed by atoms with van der Waals surface area (Å²) in [4.78, 5) is 68.3. The van der Waals surface area contributed by atoms with Crippen molar-refractivity contribution >= 4 is 30.3 Å². The Morgan fingerprint density at radius 3 is 1.92 bits per heavy atom. The van der Waals surface area contributed by atoms with Gasteiger partial charge >= 0.3 is 12.2 Å². The lowest BCUT2D eigenvalue weighted by Gasteiger charge is -2.35. The van der Waals surface area contributed by atoms with E-state index in [-0.39, 0.29) is 19.5 Å². The highest BCUT2D eigenvalue weighted by Gasteiger charge is 2.39. The van der Waals surface area contributed by atoms with E-state index in [1.54, 1.807) is 27.0 Å². The molecule has 14 nitrogen and oxygen atoms in total. The maximum absolute atomic E-state index is 13.8. The number of alkyl carbamates (subject to hydrolysis) is 2. The minimum atomic E-state index is -1.34. The summed E-state index contributed by atoms with van der Waals surface area (Å²) in [5.74, 6) is -1.29. The van der Waals surface area contributed by atoms with Crippen LogP contribution in [0.25, 0.3) is 11.3 Å². The molecule has 2 aromatic carbocycles. The first-order chi connectivity index (χ1) is 24.6. The number of aldehydes is 1. The fourth-order valence-electron chi connectivity index (χ4n) is 5.36. The van der Waals surface area contributed by atoms with Gasteiger partial charge in [-0.1, -0.05) is 95.3 Å². The SMILES string of the molecule is COC(=O)N[C@H](C(=O)NN(Cc1ccc(-c2ccccn2)cc1)C[C@H](O)[C@H](Cc1ccccc1)NC(=O)[C@@H](NC(=O)OC)C(C)(C)C=O)C(C)(C)C. The van der Waals surface area contributed by atoms with Crippen LogP contribution in [0.15, 0.2) is 79.0 Å². The molecule has 0 saturated heterocycles. The third-order valence-corrected chi connectivity index (χ3v) is 8.39. The normalized spacial score (nSPS) is 13.9. The molecule has 280 valence electrons. The smallest absolute Gasteiger partial charge is 0.407 e. The monoisotopic (exact) mass is 718 g/mol. The summed E-state index contributed by atoms with van der Waals surface area (Å²) in [6.07, 6.45) is -0.584. The largest absolute Gasteiger partial charge is 0.453 e. The quantitative estimate of drug-likeness (QED) is 0.109. The second-order valence-electron chi connectivity index (χ2n) is 14.1. The van der Waals surface area contributed by atoms with Crippen LogP contribution in [0, 0.1) is 10.8 Å². The molecule has 52 heavy (non-hydrogen) atoms. The summed E-state index contributed by atoms with van der Waals surface area (Å²) in [6, 6.07) is 19.0. The Balaban J connectivity index is 1.97. The number of hydrazine groups is 1. The van der Waals surface area contributed by atoms with E-state index in [4.69, 9.17) is 9.47 Å². The van der Waals surface area contributed by atoms with Crippen molar-refractivity contribution in [2.75, 3.05) is 20.8 Å². The van der Waals surface area contributed by atoms with Crippen LogP contribution < -0.4 is 21.4 Å². The van der Waals surface area contributed by atoms with E-state index in [0.29, 0.717) is 6.29 Å². The molecule has 1 aromatic heterocycles. The van der Waals surface area contributed by atoms with Crippen LogP contribution in [0.1, 0.15) is 45.7 Å². The van der Waals surface area contributed by atoms with Crippen molar-refractivity contribution in [2.45, 2.75) is 71.8 Å². The van der Waals surface area contributed by atoms with Crippen molar-refractivity contribution < 1.29 is 38.6 Å². The molecule has 14 heteroatoms. The molecule has 0 aliphatic carbocycles. The summed E-state index contributed by atoms with van der Waals surface area (Å²) in [5.41, 5.74) is 4.02. The highest BCUT2D eigenvalue weighted by molar-refractivity contribution is 5.90. The molecule has 0 unspecified atom stereocenters. The highest BCUT2D eigenvalue weighted by Crippen LogP contribution is 2.22. The minimum absolute atomic E-state index is 0.122. The number of aromatic nitrogens is 1. The number of rotatable bonds is 16. The molecule has 3 aromatic rings. The van der Waals surface area contributed by atoms with Crippen molar-refractivity contribution in [1.82, 2.24) is 31.4 Å². The molecule has 0 radical (unpaired) electrons. The first-order valence-corrected chi connectivity index (χ1v) is 16.8. The van der Waals surface area contributed by atoms with E-state index >= 15 is 0 Å². The van der Waals surface area contributed by atoms with Gasteiger partial charge in [0.1, 0.15) is 18.4 Å². The van der Waals surface area contributed by atoms with Gasteiger partial charge in [-0.15, -0.1) is 0 Å². The van der Waals surface area contributed by atoms with Crippen LogP contribution in [0.3, 0.4) is 0 Å². The lowest BCUT2D eigenvalue weighted by Crippen LogP contribution is -2.61. The fraction of sp³-hybridized carbons (Fsp3) is 0.421. The number of aliphatic hydroxyl groups is 1. The number of amides is 4. The van der Waals surface area contributed by atoms with E-state index < -0.39 is 59.1 Å². The number of nitrogens with zero attached hydrogens (tertiary/aromatic N) is 2. The Bertz CT molecular complexity index is 1630. The molecule has 0 fully saturated rings. The van der Waals surface area contributed by atoms with Crippen LogP contribution in [-0.4, -0.2) is 90.4 Å². The Morgan fingerprint density at radius 2 is 1.38 bits per heavy atom. The molecule has 0 aliphatic rings. The lowest BCUT2D eigenvalue weighted by molar-refractivity contribution is -0.133. The summed E-state index contributed by atoms with van der Waals surface area (Å²) in [7, 11) is 2.34. The number of aliphatic hydroxyl groups excluding tert-OH is 1. The molecule has 0 saturated carbocycles. The Kier molecular flexibility index (Phi) is 14.8. The zero-order valence-corrected chi connectivity index (χ0v) is 30.7. The number of benzene rings is 2. The molecule has 0 aliphatic heterocycles. The number of pyridine rings is 1. The topological polar surface area (TPSA) is 188 Å². The van der Waals surface area contributed by atoms with Gasteiger partial charge in [0.25, 0.3) is 5.91 Å². The van der Waals surface area contributed by atoms with Crippen LogP contribution in [0.5, 0.6) is 0 Å². The first-order valence-electron chi connectivity index (χ1n) is 16.8. The number of carbonyl (C=O) groups is 5. The van der Waals surface area contributed by atoms with Crippen molar-refractivity contribution in [3.8, 4) is 11.3 Å². The van der Waals surface area contributed by atoms with Gasteiger partial charge in [-0.05, 0) is 35.1 Å². The maximum Gasteiger partial charge on any atom is 0.407 e. The van der Waals surface area contributed by atoms with E-state index in [1.807, 2.05) is 72.8 Å². The van der Waals surface area contributed by atoms with Gasteiger partial charge in [-0.25, -0.2) is 14.6 Å². The zero-order valence-electron chi connectivity index (χ0n) is 30.7. The number of nitrogens with one attached hydrogen (secondary N) is 4. The predicted octanol–water partition coefficient (Wildman–Crippen LogP) is 3.39. The van der Waals surface area contributed by atoms with E-state index in [0.717, 1.165) is 29.5 Å². The van der Waals surface area contributed by atoms with Gasteiger partial charge in [-0.2, -0.15) is 0 Å². The second kappa shape index (κ2) is 18.8. The molecule has 0 bridgehead atoms. The summed E-state index contributed by atoms with van der Waals surface area (Å²) < 4.78 is 9.45. The number of carbonyl (C=O) groups excluding carboxylic acids is 5. The van der Waals surface area contributed by atoms with Crippen LogP contribution >= 0.6 is 0 Å². The second-order valence-corrected chi connectivity index (χ2v) is 14.1. The Hall–Kier alpha value is -5.34. The number of methoxy groups -OCH3 is 2. The standard InChI is InChI=1S/C38H50N6O8/c1-37(2,3)31(41-35(49)51-6)34(48)43-44(22-26-16-18-27(19-17-26)28-15-11-12-20-39-28)23-30(46)29(21-25-13-9-8-10-14-25)40-33(47)32(38(4,5)24-45)42-36(50)52-7/h8-20,24,29-32,46H,21-23H2,1-7H3,(H,40,47)(H,41,49)(H,42,50)(H,43,48)/t29-,30-,31+,32+/m0/s1. The minimum Gasteiger partial charge on any atom is -0.453 e. The number of hydrogen-bond acceptors (Lipinski definition) is 10. The van der Waals surface area contributed by atoms with Crippen LogP contribution in [0.2, 0.25) is 0 Å². The highest BCUT2D eigenvalue weighted by atomic mass is 16.5. The van der Waals surface area contributed by atoms with Gasteiger partial charge in [0, 0.05) is 30.3 Å². The van der Waals surface area contributed by atoms with Crippen molar-refractivity contribution in [1.29, 1.82) is 0 Å². The first kappa shape index (κ1) is 41.1. The molecular formula is C38H50N6O8. The Labute approximate surface area is 304 Å². The lowest BCUT2D eigenvalue weighted by atomic mass is 9.85. The van der Waals surface area contributed by atoms with Gasteiger partial charge in [0.15, 0.2) is 0 Å². The van der Waals surface area contributed by atoms with Crippen molar-refractivity contribution in [3.05, 3.63) is 90.1 Å². The molecule has 5 N–H and O–H groups in total. The third-order valence-electron chi connectivity index (χ3n) is 8.39. The van der Waals surface area contributed by atoms with Crippen LogP contribution in [0.4, 0.5) is 9.59 Å².